The monoisotopic (exact) mass is 900 g/mol. The van der Waals surface area contributed by atoms with Crippen LogP contribution in [0, 0.1) is 13.8 Å². The number of aromatic nitrogens is 8. The van der Waals surface area contributed by atoms with E-state index in [0.29, 0.717) is 49.0 Å². The molecule has 0 spiro atoms. The number of aryl methyl sites for hydroxylation is 2. The first-order valence-electron chi connectivity index (χ1n) is 17.5. The van der Waals surface area contributed by atoms with Crippen molar-refractivity contribution in [1.82, 2.24) is 39.5 Å². The molecular weight excluding hydrogens is 855 g/mol. The molecule has 22 heteroatoms. The van der Waals surface area contributed by atoms with E-state index in [4.69, 9.17) is 8.76 Å². The largest absolute Gasteiger partial charge is 1.00 e. The summed E-state index contributed by atoms with van der Waals surface area (Å²) in [5.74, 6) is -3.39. The molecule has 0 aromatic carbocycles. The summed E-state index contributed by atoms with van der Waals surface area (Å²) in [5.41, 5.74) is 2.79. The standard InChI is InChI=1S/C17H23F2N5O2S.C16H20BrF2N5.CH4O2S.Na/c1-11-6-9-24(23-11)16-21-14(12(2)27(3,25)26)10-15(22-16)20-13-4-7-17(18,19)8-5-13;1-10-5-8-24(23-10)15-21-13(11(2)17)9-14(22-15)20-12-3-6-16(18,19)7-4-12;1-4(2)3;/h6,9-10,12-13H,4-5,7-8H2,1-3H3,(H,20,21,22);5,8-9,11-12H,3-4,6-7H2,1-2H3,(H,20,21,22);1H3,(H,2,3);/q;;;+1/p-1. The Hall–Kier alpha value is -2.56. The van der Waals surface area contributed by atoms with Gasteiger partial charge >= 0.3 is 29.6 Å². The van der Waals surface area contributed by atoms with Gasteiger partial charge in [-0.25, -0.2) is 45.3 Å². The normalized spacial score (nSPS) is 18.5. The molecular formula is C34H46BrF4N10NaO4S2. The minimum atomic E-state index is -3.36. The first kappa shape index (κ1) is 47.8. The molecule has 2 aliphatic carbocycles. The smallest absolute Gasteiger partial charge is 0.773 e. The summed E-state index contributed by atoms with van der Waals surface area (Å²) >= 11 is 1.66. The molecule has 0 aliphatic heterocycles. The van der Waals surface area contributed by atoms with E-state index in [9.17, 15) is 26.0 Å². The number of hydrogen-bond donors (Lipinski definition) is 2. The predicted molar refractivity (Wildman–Crippen MR) is 205 cm³/mol. The number of nitrogens with one attached hydrogen (secondary N) is 2. The van der Waals surface area contributed by atoms with Gasteiger partial charge in [-0.15, -0.1) is 0 Å². The molecule has 2 aliphatic rings. The maximum Gasteiger partial charge on any atom is 1.00 e. The maximum absolute atomic E-state index is 13.4. The van der Waals surface area contributed by atoms with Gasteiger partial charge in [-0.2, -0.15) is 20.2 Å². The van der Waals surface area contributed by atoms with Crippen molar-refractivity contribution in [2.24, 2.45) is 0 Å². The van der Waals surface area contributed by atoms with Crippen molar-refractivity contribution in [3.8, 4) is 11.9 Å². The van der Waals surface area contributed by atoms with Crippen LogP contribution < -0.4 is 40.2 Å². The van der Waals surface area contributed by atoms with Gasteiger partial charge in [0.15, 0.2) is 9.84 Å². The third-order valence-corrected chi connectivity index (χ3v) is 10.9. The van der Waals surface area contributed by atoms with Crippen LogP contribution >= 0.6 is 15.9 Å². The van der Waals surface area contributed by atoms with E-state index in [-0.39, 0.29) is 78.1 Å². The van der Waals surface area contributed by atoms with Crippen LogP contribution in [0.1, 0.15) is 98.1 Å². The second-order valence-corrected chi connectivity index (χ2v) is 18.3. The fraction of sp³-hybridized carbons (Fsp3) is 0.588. The summed E-state index contributed by atoms with van der Waals surface area (Å²) in [7, 11) is -3.36. The number of rotatable bonds is 9. The van der Waals surface area contributed by atoms with Gasteiger partial charge in [0.25, 0.3) is 11.9 Å². The van der Waals surface area contributed by atoms with Crippen LogP contribution in [-0.2, 0) is 20.9 Å². The first-order valence-corrected chi connectivity index (χ1v) is 21.9. The second-order valence-electron chi connectivity index (χ2n) is 13.8. The summed E-state index contributed by atoms with van der Waals surface area (Å²) < 4.78 is 98.4. The number of sulfone groups is 1. The van der Waals surface area contributed by atoms with Gasteiger partial charge in [-0.05, 0) is 71.8 Å². The zero-order valence-corrected chi connectivity index (χ0v) is 37.6. The quantitative estimate of drug-likeness (QED) is 0.107. The Morgan fingerprint density at radius 1 is 0.804 bits per heavy atom. The minimum Gasteiger partial charge on any atom is -0.773 e. The Kier molecular flexibility index (Phi) is 17.4. The molecule has 4 heterocycles. The first-order chi connectivity index (χ1) is 25.6. The van der Waals surface area contributed by atoms with E-state index in [1.54, 1.807) is 36.1 Å². The van der Waals surface area contributed by atoms with Gasteiger partial charge in [-0.1, -0.05) is 27.0 Å². The van der Waals surface area contributed by atoms with E-state index < -0.39 is 38.0 Å². The average Bonchev–Trinajstić information content (AvgIpc) is 3.74. The van der Waals surface area contributed by atoms with E-state index in [1.165, 1.54) is 4.68 Å². The predicted octanol–water partition coefficient (Wildman–Crippen LogP) is 3.98. The van der Waals surface area contributed by atoms with Crippen molar-refractivity contribution in [3.05, 3.63) is 59.4 Å². The Bertz CT molecular complexity index is 2020. The molecule has 0 radical (unpaired) electrons. The number of alkyl halides is 5. The molecule has 3 unspecified atom stereocenters. The minimum absolute atomic E-state index is 0. The Labute approximate surface area is 357 Å². The molecule has 0 amide bonds. The molecule has 304 valence electrons. The van der Waals surface area contributed by atoms with Crippen molar-refractivity contribution >= 4 is 48.5 Å². The van der Waals surface area contributed by atoms with Crippen LogP contribution in [-0.4, -0.2) is 93.1 Å². The summed E-state index contributed by atoms with van der Waals surface area (Å²) in [5, 5.41) is 14.2. The molecule has 14 nitrogen and oxygen atoms in total. The van der Waals surface area contributed by atoms with E-state index in [1.807, 2.05) is 32.9 Å². The Morgan fingerprint density at radius 2 is 1.16 bits per heavy atom. The zero-order valence-electron chi connectivity index (χ0n) is 32.3. The van der Waals surface area contributed by atoms with Crippen LogP contribution in [0.4, 0.5) is 29.2 Å². The van der Waals surface area contributed by atoms with Gasteiger partial charge in [0.05, 0.1) is 27.6 Å². The van der Waals surface area contributed by atoms with Gasteiger partial charge in [0, 0.05) is 68.5 Å². The number of halogens is 5. The van der Waals surface area contributed by atoms with Crippen molar-refractivity contribution in [2.75, 3.05) is 23.1 Å². The molecule has 0 bridgehead atoms. The van der Waals surface area contributed by atoms with Crippen molar-refractivity contribution < 1.29 is 64.3 Å². The van der Waals surface area contributed by atoms with E-state index in [0.717, 1.165) is 29.6 Å². The molecule has 2 fully saturated rings. The van der Waals surface area contributed by atoms with Gasteiger partial charge in [0.1, 0.15) is 16.9 Å². The molecule has 4 aromatic heterocycles. The molecule has 56 heavy (non-hydrogen) atoms. The molecule has 2 saturated carbocycles. The van der Waals surface area contributed by atoms with Crippen LogP contribution in [0.15, 0.2) is 36.7 Å². The van der Waals surface area contributed by atoms with Crippen LogP contribution in [0.25, 0.3) is 11.9 Å². The Morgan fingerprint density at radius 3 is 1.48 bits per heavy atom. The van der Waals surface area contributed by atoms with Gasteiger partial charge in [-0.3, -0.25) is 4.21 Å². The maximum atomic E-state index is 13.4. The Balaban J connectivity index is 0.000000271. The van der Waals surface area contributed by atoms with Crippen molar-refractivity contribution in [2.45, 2.75) is 113 Å². The fourth-order valence-electron chi connectivity index (χ4n) is 5.73. The molecule has 6 rings (SSSR count). The number of anilines is 2. The number of hydrogen-bond acceptors (Lipinski definition) is 12. The van der Waals surface area contributed by atoms with Crippen LogP contribution in [0.5, 0.6) is 0 Å². The summed E-state index contributed by atoms with van der Waals surface area (Å²) in [6.07, 6.45) is 6.73. The summed E-state index contributed by atoms with van der Waals surface area (Å²) in [4.78, 5) is 17.8. The van der Waals surface area contributed by atoms with Crippen LogP contribution in [0.3, 0.4) is 0 Å². The van der Waals surface area contributed by atoms with Crippen LogP contribution in [0.2, 0.25) is 0 Å². The van der Waals surface area contributed by atoms with Gasteiger partial charge < -0.3 is 15.2 Å². The molecule has 4 aromatic rings. The van der Waals surface area contributed by atoms with Gasteiger partial charge in [0.2, 0.25) is 11.8 Å². The third-order valence-electron chi connectivity index (χ3n) is 8.93. The molecule has 0 saturated heterocycles. The molecule has 3 atom stereocenters. The molecule has 2 N–H and O–H groups in total. The third kappa shape index (κ3) is 15.0. The van der Waals surface area contributed by atoms with Crippen molar-refractivity contribution in [1.29, 1.82) is 0 Å². The zero-order chi connectivity index (χ0) is 40.7. The average molecular weight is 902 g/mol. The SMILES string of the molecule is CS(=O)[O-].Cc1ccn(-c2nc(NC3CCC(F)(F)CC3)cc(C(C)Br)n2)n1.Cc1ccn(-c2nc(NC3CCC(F)(F)CC3)cc(C(C)S(C)(=O)=O)n2)n1.[Na+]. The second kappa shape index (κ2) is 20.4. The summed E-state index contributed by atoms with van der Waals surface area (Å²) in [6, 6.07) is 6.94. The summed E-state index contributed by atoms with van der Waals surface area (Å²) in [6.45, 7) is 7.25. The van der Waals surface area contributed by atoms with Crippen molar-refractivity contribution in [3.63, 3.8) is 0 Å². The fourth-order valence-corrected chi connectivity index (χ4v) is 6.52. The van der Waals surface area contributed by atoms with E-state index >= 15 is 0 Å². The van der Waals surface area contributed by atoms with E-state index in [2.05, 4.69) is 56.7 Å². The topological polar surface area (TPSA) is 186 Å². The number of nitrogens with zero attached hydrogens (tertiary/aromatic N) is 8.